The molecule has 0 atom stereocenters. The number of benzene rings is 2. The number of carbonyl (C=O) groups is 1. The van der Waals surface area contributed by atoms with Crippen LogP contribution in [0.1, 0.15) is 5.56 Å². The van der Waals surface area contributed by atoms with E-state index in [1.807, 2.05) is 19.1 Å². The smallest absolute Gasteiger partial charge is 0.307 e. The molecular weight excluding hydrogens is 330 g/mol. The fourth-order valence-corrected chi connectivity index (χ4v) is 2.20. The van der Waals surface area contributed by atoms with Gasteiger partial charge >= 0.3 is 6.03 Å². The Morgan fingerprint density at radius 3 is 2.35 bits per heavy atom. The van der Waals surface area contributed by atoms with Gasteiger partial charge in [0.1, 0.15) is 17.3 Å². The second-order valence-electron chi connectivity index (χ2n) is 4.16. The summed E-state index contributed by atoms with van der Waals surface area (Å²) in [6, 6.07) is 7.96. The average Bonchev–Trinajstić information content (AvgIpc) is 2.37. The summed E-state index contributed by atoms with van der Waals surface area (Å²) in [6.45, 7) is 1.91. The van der Waals surface area contributed by atoms with Gasteiger partial charge in [-0.15, -0.1) is 0 Å². The molecular formula is C14H11BrF2N2O. The molecule has 0 fully saturated rings. The number of halogens is 3. The number of carbonyl (C=O) groups excluding carboxylic acids is 1. The lowest BCUT2D eigenvalue weighted by atomic mass is 10.2. The van der Waals surface area contributed by atoms with Crippen molar-refractivity contribution in [2.24, 2.45) is 0 Å². The van der Waals surface area contributed by atoms with Gasteiger partial charge in [-0.25, -0.2) is 13.6 Å². The maximum Gasteiger partial charge on any atom is 0.323 e. The van der Waals surface area contributed by atoms with Crippen molar-refractivity contribution >= 4 is 33.3 Å². The molecule has 2 amide bonds. The van der Waals surface area contributed by atoms with Crippen molar-refractivity contribution in [2.45, 2.75) is 6.92 Å². The number of hydrogen-bond donors (Lipinski definition) is 2. The highest BCUT2D eigenvalue weighted by atomic mass is 79.9. The van der Waals surface area contributed by atoms with Crippen LogP contribution in [0.15, 0.2) is 40.9 Å². The van der Waals surface area contributed by atoms with Crippen LogP contribution in [0.5, 0.6) is 0 Å². The lowest BCUT2D eigenvalue weighted by Crippen LogP contribution is -2.21. The van der Waals surface area contributed by atoms with E-state index < -0.39 is 23.4 Å². The minimum absolute atomic E-state index is 0.478. The van der Waals surface area contributed by atoms with Crippen molar-refractivity contribution in [3.63, 3.8) is 0 Å². The summed E-state index contributed by atoms with van der Waals surface area (Å²) in [7, 11) is 0. The predicted molar refractivity (Wildman–Crippen MR) is 77.9 cm³/mol. The van der Waals surface area contributed by atoms with Crippen LogP contribution in [0.4, 0.5) is 25.0 Å². The maximum absolute atomic E-state index is 13.4. The van der Waals surface area contributed by atoms with E-state index in [4.69, 9.17) is 0 Å². The van der Waals surface area contributed by atoms with Gasteiger partial charge < -0.3 is 10.6 Å². The van der Waals surface area contributed by atoms with E-state index in [0.29, 0.717) is 10.2 Å². The highest BCUT2D eigenvalue weighted by Crippen LogP contribution is 2.24. The molecule has 2 aromatic carbocycles. The highest BCUT2D eigenvalue weighted by Gasteiger charge is 2.12. The Morgan fingerprint density at radius 2 is 1.75 bits per heavy atom. The third-order valence-corrected chi connectivity index (χ3v) is 3.23. The monoisotopic (exact) mass is 340 g/mol. The molecule has 0 aliphatic heterocycles. The molecule has 0 aliphatic carbocycles. The van der Waals surface area contributed by atoms with Gasteiger partial charge in [0, 0.05) is 4.47 Å². The molecule has 104 valence electrons. The number of para-hydroxylation sites is 1. The van der Waals surface area contributed by atoms with E-state index in [-0.39, 0.29) is 0 Å². The van der Waals surface area contributed by atoms with Crippen LogP contribution in [-0.4, -0.2) is 6.03 Å². The molecule has 0 aromatic heterocycles. The van der Waals surface area contributed by atoms with E-state index in [1.165, 1.54) is 6.07 Å². The van der Waals surface area contributed by atoms with Crippen molar-refractivity contribution < 1.29 is 13.6 Å². The first-order valence-electron chi connectivity index (χ1n) is 5.75. The Labute approximate surface area is 123 Å². The Bertz CT molecular complexity index is 641. The lowest BCUT2D eigenvalue weighted by molar-refractivity contribution is 0.262. The van der Waals surface area contributed by atoms with Crippen LogP contribution in [0.3, 0.4) is 0 Å². The van der Waals surface area contributed by atoms with Gasteiger partial charge in [0.05, 0.1) is 5.69 Å². The normalized spacial score (nSPS) is 10.2. The van der Waals surface area contributed by atoms with E-state index in [9.17, 15) is 13.6 Å². The van der Waals surface area contributed by atoms with E-state index in [1.54, 1.807) is 6.07 Å². The average molecular weight is 341 g/mol. The first-order chi connectivity index (χ1) is 9.47. The zero-order valence-corrected chi connectivity index (χ0v) is 12.1. The van der Waals surface area contributed by atoms with Gasteiger partial charge in [0.2, 0.25) is 0 Å². The highest BCUT2D eigenvalue weighted by molar-refractivity contribution is 9.10. The molecule has 2 N–H and O–H groups in total. The van der Waals surface area contributed by atoms with Gasteiger partial charge in [0.25, 0.3) is 0 Å². The van der Waals surface area contributed by atoms with E-state index >= 15 is 0 Å². The molecule has 0 unspecified atom stereocenters. The van der Waals surface area contributed by atoms with Crippen LogP contribution in [-0.2, 0) is 0 Å². The third-order valence-electron chi connectivity index (χ3n) is 2.57. The number of aryl methyl sites for hydroxylation is 1. The fraction of sp³-hybridized carbons (Fsp3) is 0.0714. The summed E-state index contributed by atoms with van der Waals surface area (Å²) >= 11 is 3.30. The van der Waals surface area contributed by atoms with Crippen LogP contribution in [0.2, 0.25) is 0 Å². The van der Waals surface area contributed by atoms with Crippen LogP contribution in [0.25, 0.3) is 0 Å². The number of urea groups is 1. The number of hydrogen-bond acceptors (Lipinski definition) is 1. The minimum Gasteiger partial charge on any atom is -0.307 e. The second kappa shape index (κ2) is 6.00. The van der Waals surface area contributed by atoms with Crippen molar-refractivity contribution in [1.82, 2.24) is 0 Å². The van der Waals surface area contributed by atoms with E-state index in [0.717, 1.165) is 17.7 Å². The minimum atomic E-state index is -0.830. The number of rotatable bonds is 2. The molecule has 0 heterocycles. The van der Waals surface area contributed by atoms with Gasteiger partial charge in [-0.1, -0.05) is 12.1 Å². The molecule has 6 heteroatoms. The van der Waals surface area contributed by atoms with Crippen LogP contribution >= 0.6 is 15.9 Å². The van der Waals surface area contributed by atoms with Crippen molar-refractivity contribution in [1.29, 1.82) is 0 Å². The third kappa shape index (κ3) is 3.33. The van der Waals surface area contributed by atoms with Crippen molar-refractivity contribution in [2.75, 3.05) is 10.6 Å². The standard InChI is InChI=1S/C14H11BrF2N2O/c1-8-5-6-12(9(15)7-8)18-14(20)19-13-10(16)3-2-4-11(13)17/h2-7H,1H3,(H2,18,19,20). The van der Waals surface area contributed by atoms with Crippen LogP contribution in [0, 0.1) is 18.6 Å². The summed E-state index contributed by atoms with van der Waals surface area (Å²) in [4.78, 5) is 11.7. The second-order valence-corrected chi connectivity index (χ2v) is 5.01. The van der Waals surface area contributed by atoms with Crippen molar-refractivity contribution in [3.05, 3.63) is 58.1 Å². The Kier molecular flexibility index (Phi) is 4.34. The SMILES string of the molecule is Cc1ccc(NC(=O)Nc2c(F)cccc2F)c(Br)c1. The van der Waals surface area contributed by atoms with E-state index in [2.05, 4.69) is 26.6 Å². The van der Waals surface area contributed by atoms with Gasteiger partial charge in [-0.05, 0) is 52.7 Å². The molecule has 2 rings (SSSR count). The summed E-state index contributed by atoms with van der Waals surface area (Å²) in [5.74, 6) is -1.66. The fourth-order valence-electron chi connectivity index (χ4n) is 1.61. The topological polar surface area (TPSA) is 41.1 Å². The Morgan fingerprint density at radius 1 is 1.10 bits per heavy atom. The van der Waals surface area contributed by atoms with Crippen LogP contribution < -0.4 is 10.6 Å². The lowest BCUT2D eigenvalue weighted by Gasteiger charge is -2.10. The summed E-state index contributed by atoms with van der Waals surface area (Å²) in [5.41, 5.74) is 1.04. The maximum atomic E-state index is 13.4. The molecule has 0 aliphatic rings. The quantitative estimate of drug-likeness (QED) is 0.818. The molecule has 0 spiro atoms. The number of amides is 2. The predicted octanol–water partition coefficient (Wildman–Crippen LogP) is 4.68. The van der Waals surface area contributed by atoms with Gasteiger partial charge in [-0.3, -0.25) is 0 Å². The van der Waals surface area contributed by atoms with Crippen molar-refractivity contribution in [3.8, 4) is 0 Å². The van der Waals surface area contributed by atoms with Gasteiger partial charge in [-0.2, -0.15) is 0 Å². The summed E-state index contributed by atoms with van der Waals surface area (Å²) in [5, 5.41) is 4.66. The Balaban J connectivity index is 2.13. The molecule has 0 radical (unpaired) electrons. The number of anilines is 2. The Hall–Kier alpha value is -1.95. The molecule has 0 bridgehead atoms. The zero-order valence-electron chi connectivity index (χ0n) is 10.5. The molecule has 2 aromatic rings. The number of nitrogens with one attached hydrogen (secondary N) is 2. The molecule has 20 heavy (non-hydrogen) atoms. The van der Waals surface area contributed by atoms with Gasteiger partial charge in [0.15, 0.2) is 0 Å². The summed E-state index contributed by atoms with van der Waals surface area (Å²) in [6.07, 6.45) is 0. The largest absolute Gasteiger partial charge is 0.323 e. The first-order valence-corrected chi connectivity index (χ1v) is 6.55. The summed E-state index contributed by atoms with van der Waals surface area (Å²) < 4.78 is 27.5. The molecule has 0 saturated heterocycles. The molecule has 0 saturated carbocycles. The first kappa shape index (κ1) is 14.5. The molecule has 3 nitrogen and oxygen atoms in total. The zero-order chi connectivity index (χ0) is 14.7.